The van der Waals surface area contributed by atoms with Crippen molar-refractivity contribution in [2.24, 2.45) is 0 Å². The number of aryl methyl sites for hydroxylation is 1. The van der Waals surface area contributed by atoms with E-state index in [1.54, 1.807) is 17.4 Å². The van der Waals surface area contributed by atoms with Crippen LogP contribution in [0, 0.1) is 17.0 Å². The lowest BCUT2D eigenvalue weighted by molar-refractivity contribution is -0.384. The summed E-state index contributed by atoms with van der Waals surface area (Å²) in [5.74, 6) is -0.586. The van der Waals surface area contributed by atoms with Gasteiger partial charge in [0.15, 0.2) is 0 Å². The Labute approximate surface area is 113 Å². The first-order valence-corrected chi connectivity index (χ1v) is 6.32. The summed E-state index contributed by atoms with van der Waals surface area (Å²) in [4.78, 5) is 23.0. The van der Waals surface area contributed by atoms with Crippen molar-refractivity contribution < 1.29 is 14.5 Å². The molecule has 0 N–H and O–H groups in total. The third-order valence-corrected chi connectivity index (χ3v) is 3.47. The Morgan fingerprint density at radius 2 is 2.00 bits per heavy atom. The van der Waals surface area contributed by atoms with Crippen LogP contribution in [0.1, 0.15) is 15.2 Å². The number of non-ortho nitro benzene ring substituents is 1. The molecule has 2 rings (SSSR count). The third-order valence-electron chi connectivity index (χ3n) is 2.61. The van der Waals surface area contributed by atoms with E-state index in [0.717, 1.165) is 10.4 Å². The van der Waals surface area contributed by atoms with Gasteiger partial charge in [-0.15, -0.1) is 11.3 Å². The van der Waals surface area contributed by atoms with Crippen LogP contribution in [-0.2, 0) is 4.74 Å². The average Bonchev–Trinajstić information content (AvgIpc) is 2.84. The SMILES string of the molecule is COC(=O)c1cc(-c2csc(C)c2)cc([N+](=O)[O-])c1. The standard InChI is InChI=1S/C13H11NO4S/c1-8-3-11(7-19-8)9-4-10(13(15)18-2)6-12(5-9)14(16)17/h3-7H,1-2H3. The second kappa shape index (κ2) is 5.19. The number of nitrogens with zero attached hydrogens (tertiary/aromatic N) is 1. The van der Waals surface area contributed by atoms with E-state index in [0.29, 0.717) is 5.56 Å². The van der Waals surface area contributed by atoms with Gasteiger partial charge in [-0.2, -0.15) is 0 Å². The number of benzene rings is 1. The number of nitro benzene ring substituents is 1. The van der Waals surface area contributed by atoms with Crippen molar-refractivity contribution >= 4 is 23.0 Å². The zero-order chi connectivity index (χ0) is 14.0. The summed E-state index contributed by atoms with van der Waals surface area (Å²) in [7, 11) is 1.25. The molecule has 1 aromatic heterocycles. The summed E-state index contributed by atoms with van der Waals surface area (Å²) >= 11 is 1.55. The first kappa shape index (κ1) is 13.2. The number of carbonyl (C=O) groups is 1. The van der Waals surface area contributed by atoms with Crippen molar-refractivity contribution in [3.05, 3.63) is 50.2 Å². The van der Waals surface area contributed by atoms with Crippen LogP contribution in [0.4, 0.5) is 5.69 Å². The Bertz CT molecular complexity index is 648. The molecule has 0 aliphatic rings. The fourth-order valence-electron chi connectivity index (χ4n) is 1.71. The van der Waals surface area contributed by atoms with E-state index in [-0.39, 0.29) is 11.3 Å². The largest absolute Gasteiger partial charge is 0.465 e. The molecule has 0 amide bonds. The molecule has 19 heavy (non-hydrogen) atoms. The lowest BCUT2D eigenvalue weighted by Gasteiger charge is -2.03. The fraction of sp³-hybridized carbons (Fsp3) is 0.154. The number of esters is 1. The number of nitro groups is 1. The average molecular weight is 277 g/mol. The quantitative estimate of drug-likeness (QED) is 0.489. The van der Waals surface area contributed by atoms with Crippen LogP contribution < -0.4 is 0 Å². The van der Waals surface area contributed by atoms with Crippen LogP contribution >= 0.6 is 11.3 Å². The summed E-state index contributed by atoms with van der Waals surface area (Å²) in [5, 5.41) is 12.8. The van der Waals surface area contributed by atoms with Gasteiger partial charge in [-0.3, -0.25) is 10.1 Å². The predicted molar refractivity (Wildman–Crippen MR) is 72.5 cm³/mol. The molecule has 0 fully saturated rings. The molecule has 0 aliphatic carbocycles. The molecule has 0 bridgehead atoms. The first-order chi connectivity index (χ1) is 9.01. The van der Waals surface area contributed by atoms with Crippen LogP contribution in [0.3, 0.4) is 0 Å². The van der Waals surface area contributed by atoms with Gasteiger partial charge in [0.2, 0.25) is 0 Å². The van der Waals surface area contributed by atoms with Gasteiger partial charge in [-0.05, 0) is 35.6 Å². The molecular weight excluding hydrogens is 266 g/mol. The number of carbonyl (C=O) groups excluding carboxylic acids is 1. The Balaban J connectivity index is 2.57. The molecule has 0 spiro atoms. The van der Waals surface area contributed by atoms with Crippen molar-refractivity contribution in [1.29, 1.82) is 0 Å². The zero-order valence-electron chi connectivity index (χ0n) is 10.4. The molecular formula is C13H11NO4S. The maximum atomic E-state index is 11.5. The molecule has 1 heterocycles. The first-order valence-electron chi connectivity index (χ1n) is 5.44. The minimum absolute atomic E-state index is 0.123. The minimum Gasteiger partial charge on any atom is -0.465 e. The van der Waals surface area contributed by atoms with Crippen LogP contribution in [-0.4, -0.2) is 18.0 Å². The number of methoxy groups -OCH3 is 1. The van der Waals surface area contributed by atoms with Gasteiger partial charge in [0.1, 0.15) is 0 Å². The number of hydrogen-bond acceptors (Lipinski definition) is 5. The molecule has 0 saturated heterocycles. The Kier molecular flexibility index (Phi) is 3.62. The smallest absolute Gasteiger partial charge is 0.338 e. The van der Waals surface area contributed by atoms with E-state index in [1.807, 2.05) is 18.4 Å². The lowest BCUT2D eigenvalue weighted by Crippen LogP contribution is -2.02. The highest BCUT2D eigenvalue weighted by molar-refractivity contribution is 7.10. The maximum absolute atomic E-state index is 11.5. The Morgan fingerprint density at radius 1 is 1.26 bits per heavy atom. The van der Waals surface area contributed by atoms with E-state index < -0.39 is 10.9 Å². The third kappa shape index (κ3) is 2.79. The van der Waals surface area contributed by atoms with Gasteiger partial charge in [0, 0.05) is 17.0 Å². The van der Waals surface area contributed by atoms with Crippen LogP contribution in [0.15, 0.2) is 29.6 Å². The van der Waals surface area contributed by atoms with Crippen molar-refractivity contribution in [2.75, 3.05) is 7.11 Å². The van der Waals surface area contributed by atoms with E-state index in [4.69, 9.17) is 0 Å². The van der Waals surface area contributed by atoms with E-state index >= 15 is 0 Å². The molecule has 0 aliphatic heterocycles. The van der Waals surface area contributed by atoms with Crippen molar-refractivity contribution in [3.63, 3.8) is 0 Å². The summed E-state index contributed by atoms with van der Waals surface area (Å²) in [6.45, 7) is 1.95. The van der Waals surface area contributed by atoms with Gasteiger partial charge in [0.25, 0.3) is 5.69 Å². The number of thiophene rings is 1. The van der Waals surface area contributed by atoms with Crippen molar-refractivity contribution in [3.8, 4) is 11.1 Å². The molecule has 5 nitrogen and oxygen atoms in total. The molecule has 0 saturated carbocycles. The molecule has 0 atom stereocenters. The van der Waals surface area contributed by atoms with Gasteiger partial charge in [0.05, 0.1) is 17.6 Å². The topological polar surface area (TPSA) is 69.4 Å². The molecule has 6 heteroatoms. The van der Waals surface area contributed by atoms with Crippen molar-refractivity contribution in [1.82, 2.24) is 0 Å². The highest BCUT2D eigenvalue weighted by Crippen LogP contribution is 2.29. The van der Waals surface area contributed by atoms with Gasteiger partial charge in [-0.1, -0.05) is 0 Å². The normalized spacial score (nSPS) is 10.2. The highest BCUT2D eigenvalue weighted by Gasteiger charge is 2.16. The summed E-state index contributed by atoms with van der Waals surface area (Å²) in [6.07, 6.45) is 0. The number of ether oxygens (including phenoxy) is 1. The van der Waals surface area contributed by atoms with E-state index in [9.17, 15) is 14.9 Å². The summed E-state index contributed by atoms with van der Waals surface area (Å²) in [5.41, 5.74) is 1.55. The van der Waals surface area contributed by atoms with E-state index in [1.165, 1.54) is 19.2 Å². The van der Waals surface area contributed by atoms with Crippen LogP contribution in [0.5, 0.6) is 0 Å². The summed E-state index contributed by atoms with van der Waals surface area (Å²) in [6, 6.07) is 6.19. The lowest BCUT2D eigenvalue weighted by atomic mass is 10.0. The second-order valence-electron chi connectivity index (χ2n) is 3.96. The van der Waals surface area contributed by atoms with Gasteiger partial charge < -0.3 is 4.74 Å². The monoisotopic (exact) mass is 277 g/mol. The molecule has 2 aromatic rings. The summed E-state index contributed by atoms with van der Waals surface area (Å²) < 4.78 is 4.61. The van der Waals surface area contributed by atoms with Gasteiger partial charge in [-0.25, -0.2) is 4.79 Å². The number of hydrogen-bond donors (Lipinski definition) is 0. The second-order valence-corrected chi connectivity index (χ2v) is 5.08. The van der Waals surface area contributed by atoms with Crippen LogP contribution in [0.25, 0.3) is 11.1 Å². The van der Waals surface area contributed by atoms with Crippen LogP contribution in [0.2, 0.25) is 0 Å². The zero-order valence-corrected chi connectivity index (χ0v) is 11.2. The van der Waals surface area contributed by atoms with E-state index in [2.05, 4.69) is 4.74 Å². The predicted octanol–water partition coefficient (Wildman–Crippen LogP) is 3.42. The maximum Gasteiger partial charge on any atom is 0.338 e. The molecule has 1 aromatic carbocycles. The molecule has 0 radical (unpaired) electrons. The Morgan fingerprint density at radius 3 is 2.53 bits per heavy atom. The number of rotatable bonds is 3. The highest BCUT2D eigenvalue weighted by atomic mass is 32.1. The Hall–Kier alpha value is -2.21. The van der Waals surface area contributed by atoms with Crippen molar-refractivity contribution in [2.45, 2.75) is 6.92 Å². The molecule has 0 unspecified atom stereocenters. The van der Waals surface area contributed by atoms with Gasteiger partial charge >= 0.3 is 5.97 Å². The minimum atomic E-state index is -0.586. The molecule has 98 valence electrons. The fourth-order valence-corrected chi connectivity index (χ4v) is 2.43.